The summed E-state index contributed by atoms with van der Waals surface area (Å²) in [4.78, 5) is 21.8. The van der Waals surface area contributed by atoms with Crippen LogP contribution >= 0.6 is 0 Å². The van der Waals surface area contributed by atoms with Gasteiger partial charge in [0.2, 0.25) is 0 Å². The summed E-state index contributed by atoms with van der Waals surface area (Å²) in [5.74, 6) is -0.185. The highest BCUT2D eigenvalue weighted by molar-refractivity contribution is 5.70. The Morgan fingerprint density at radius 2 is 1.83 bits per heavy atom. The van der Waals surface area contributed by atoms with Gasteiger partial charge in [0.05, 0.1) is 0 Å². The molecule has 0 spiro atoms. The molecule has 0 aromatic rings. The topological polar surface area (TPSA) is 55.4 Å². The molecule has 0 bridgehead atoms. The maximum absolute atomic E-state index is 11.6. The minimum Gasteiger partial charge on any atom is -0.462 e. The number of unbranched alkanes of at least 4 members (excludes halogenated alkanes) is 1. The molecule has 4 heteroatoms. The summed E-state index contributed by atoms with van der Waals surface area (Å²) in [5, 5.41) is 3.55. The molecule has 0 unspecified atom stereocenters. The summed E-state index contributed by atoms with van der Waals surface area (Å²) < 4.78 is 5.51. The van der Waals surface area contributed by atoms with E-state index < -0.39 is 0 Å². The molecule has 1 N–H and O–H groups in total. The Morgan fingerprint density at radius 3 is 2.33 bits per heavy atom. The number of rotatable bonds is 5. The number of aldehydes is 1. The summed E-state index contributed by atoms with van der Waals surface area (Å²) in [6, 6.07) is 0. The van der Waals surface area contributed by atoms with E-state index in [-0.39, 0.29) is 23.2 Å². The Morgan fingerprint density at radius 1 is 1.28 bits per heavy atom. The van der Waals surface area contributed by atoms with E-state index >= 15 is 0 Å². The van der Waals surface area contributed by atoms with Gasteiger partial charge in [-0.25, -0.2) is 0 Å². The first-order chi connectivity index (χ1) is 8.24. The van der Waals surface area contributed by atoms with Crippen LogP contribution in [0.2, 0.25) is 0 Å². The predicted octanol–water partition coefficient (Wildman–Crippen LogP) is 2.21. The Hall–Kier alpha value is -0.900. The van der Waals surface area contributed by atoms with E-state index in [0.717, 1.165) is 19.1 Å². The Bertz CT molecular complexity index is 294. The van der Waals surface area contributed by atoms with E-state index in [1.165, 1.54) is 0 Å². The van der Waals surface area contributed by atoms with Crippen LogP contribution in [0.15, 0.2) is 0 Å². The molecule has 0 aromatic heterocycles. The average molecular weight is 255 g/mol. The molecule has 1 rings (SSSR count). The number of hydrogen-bond acceptors (Lipinski definition) is 4. The van der Waals surface area contributed by atoms with Gasteiger partial charge in [0.1, 0.15) is 12.4 Å². The Labute approximate surface area is 109 Å². The van der Waals surface area contributed by atoms with Crippen molar-refractivity contribution in [2.24, 2.45) is 0 Å². The third-order valence-corrected chi connectivity index (χ3v) is 3.15. The smallest absolute Gasteiger partial charge is 0.306 e. The lowest BCUT2D eigenvalue weighted by Crippen LogP contribution is -2.59. The van der Waals surface area contributed by atoms with Crippen LogP contribution in [0.3, 0.4) is 0 Å². The molecule has 0 aromatic carbocycles. The molecule has 1 saturated heterocycles. The van der Waals surface area contributed by atoms with Gasteiger partial charge in [-0.3, -0.25) is 4.79 Å². The fraction of sp³-hybridized carbons (Fsp3) is 0.857. The molecule has 104 valence electrons. The van der Waals surface area contributed by atoms with Crippen LogP contribution in [0.4, 0.5) is 0 Å². The highest BCUT2D eigenvalue weighted by Crippen LogP contribution is 2.30. The first kappa shape index (κ1) is 15.2. The fourth-order valence-corrected chi connectivity index (χ4v) is 2.89. The number of esters is 1. The molecule has 1 aliphatic rings. The van der Waals surface area contributed by atoms with Crippen LogP contribution in [0.1, 0.15) is 59.8 Å². The van der Waals surface area contributed by atoms with Crippen LogP contribution < -0.4 is 5.32 Å². The molecular formula is C14H25NO3. The van der Waals surface area contributed by atoms with Gasteiger partial charge in [-0.15, -0.1) is 0 Å². The van der Waals surface area contributed by atoms with E-state index in [1.807, 2.05) is 0 Å². The van der Waals surface area contributed by atoms with Gasteiger partial charge >= 0.3 is 5.97 Å². The van der Waals surface area contributed by atoms with Crippen molar-refractivity contribution in [2.45, 2.75) is 77.0 Å². The normalized spacial score (nSPS) is 22.4. The zero-order chi connectivity index (χ0) is 13.8. The molecule has 18 heavy (non-hydrogen) atoms. The van der Waals surface area contributed by atoms with Crippen molar-refractivity contribution >= 4 is 12.3 Å². The second-order valence-electron chi connectivity index (χ2n) is 6.47. The Balaban J connectivity index is 2.46. The van der Waals surface area contributed by atoms with Crippen molar-refractivity contribution in [1.82, 2.24) is 5.32 Å². The van der Waals surface area contributed by atoms with Crippen LogP contribution in [0.25, 0.3) is 0 Å². The summed E-state index contributed by atoms with van der Waals surface area (Å²) in [7, 11) is 0. The quantitative estimate of drug-likeness (QED) is 0.465. The molecule has 1 aliphatic heterocycles. The van der Waals surface area contributed by atoms with E-state index in [1.54, 1.807) is 0 Å². The van der Waals surface area contributed by atoms with E-state index in [2.05, 4.69) is 33.0 Å². The maximum atomic E-state index is 11.6. The van der Waals surface area contributed by atoms with Crippen molar-refractivity contribution in [3.8, 4) is 0 Å². The van der Waals surface area contributed by atoms with Crippen molar-refractivity contribution in [1.29, 1.82) is 0 Å². The van der Waals surface area contributed by atoms with Gasteiger partial charge in [-0.05, 0) is 34.1 Å². The van der Waals surface area contributed by atoms with E-state index in [9.17, 15) is 9.59 Å². The molecular weight excluding hydrogens is 230 g/mol. The number of carbonyl (C=O) groups excluding carboxylic acids is 2. The molecule has 4 nitrogen and oxygen atoms in total. The van der Waals surface area contributed by atoms with Crippen molar-refractivity contribution in [3.05, 3.63) is 0 Å². The lowest BCUT2D eigenvalue weighted by Gasteiger charge is -2.45. The number of nitrogens with one attached hydrogen (secondary N) is 1. The molecule has 0 radical (unpaired) electrons. The SMILES string of the molecule is CC1(C)CC(OC(=O)CCCC=O)CC(C)(C)N1. The molecule has 1 heterocycles. The zero-order valence-corrected chi connectivity index (χ0v) is 11.9. The van der Waals surface area contributed by atoms with Crippen LogP contribution in [0.5, 0.6) is 0 Å². The van der Waals surface area contributed by atoms with Gasteiger partial charge < -0.3 is 14.8 Å². The van der Waals surface area contributed by atoms with Gasteiger partial charge in [0, 0.05) is 36.8 Å². The Kier molecular flexibility index (Phi) is 4.91. The minimum atomic E-state index is -0.185. The van der Waals surface area contributed by atoms with E-state index in [0.29, 0.717) is 19.3 Å². The summed E-state index contributed by atoms with van der Waals surface area (Å²) >= 11 is 0. The standard InChI is InChI=1S/C14H25NO3/c1-13(2)9-11(10-14(3,4)15-13)18-12(17)7-5-6-8-16/h8,11,15H,5-7,9-10H2,1-4H3. The minimum absolute atomic E-state index is 0.0184. The largest absolute Gasteiger partial charge is 0.462 e. The summed E-state index contributed by atoms with van der Waals surface area (Å²) in [6.45, 7) is 8.50. The third-order valence-electron chi connectivity index (χ3n) is 3.15. The molecule has 0 saturated carbocycles. The third kappa shape index (κ3) is 5.17. The summed E-state index contributed by atoms with van der Waals surface area (Å²) in [6.07, 6.45) is 3.82. The van der Waals surface area contributed by atoms with Crippen molar-refractivity contribution in [3.63, 3.8) is 0 Å². The lowest BCUT2D eigenvalue weighted by molar-refractivity contribution is -0.153. The van der Waals surface area contributed by atoms with Gasteiger partial charge in [-0.1, -0.05) is 0 Å². The van der Waals surface area contributed by atoms with E-state index in [4.69, 9.17) is 4.74 Å². The zero-order valence-electron chi connectivity index (χ0n) is 11.9. The van der Waals surface area contributed by atoms with Crippen LogP contribution in [-0.2, 0) is 14.3 Å². The highest BCUT2D eigenvalue weighted by atomic mass is 16.5. The second kappa shape index (κ2) is 5.83. The molecule has 0 atom stereocenters. The average Bonchev–Trinajstić information content (AvgIpc) is 2.12. The highest BCUT2D eigenvalue weighted by Gasteiger charge is 2.39. The lowest BCUT2D eigenvalue weighted by atomic mass is 9.81. The molecule has 0 aliphatic carbocycles. The first-order valence-corrected chi connectivity index (χ1v) is 6.67. The molecule has 0 amide bonds. The monoisotopic (exact) mass is 255 g/mol. The van der Waals surface area contributed by atoms with Crippen LogP contribution in [-0.4, -0.2) is 29.4 Å². The number of ether oxygens (including phenoxy) is 1. The van der Waals surface area contributed by atoms with Crippen molar-refractivity contribution < 1.29 is 14.3 Å². The van der Waals surface area contributed by atoms with Crippen LogP contribution in [0, 0.1) is 0 Å². The second-order valence-corrected chi connectivity index (χ2v) is 6.47. The predicted molar refractivity (Wildman–Crippen MR) is 70.3 cm³/mol. The number of carbonyl (C=O) groups is 2. The maximum Gasteiger partial charge on any atom is 0.306 e. The first-order valence-electron chi connectivity index (χ1n) is 6.67. The van der Waals surface area contributed by atoms with Crippen molar-refractivity contribution in [2.75, 3.05) is 0 Å². The van der Waals surface area contributed by atoms with Gasteiger partial charge in [0.15, 0.2) is 0 Å². The van der Waals surface area contributed by atoms with Gasteiger partial charge in [0.25, 0.3) is 0 Å². The summed E-state index contributed by atoms with van der Waals surface area (Å²) in [5.41, 5.74) is -0.0367. The number of piperidine rings is 1. The fourth-order valence-electron chi connectivity index (χ4n) is 2.89. The molecule has 1 fully saturated rings. The van der Waals surface area contributed by atoms with Gasteiger partial charge in [-0.2, -0.15) is 0 Å². The number of hydrogen-bond donors (Lipinski definition) is 1.